The van der Waals surface area contributed by atoms with Crippen molar-refractivity contribution in [1.29, 1.82) is 0 Å². The average Bonchev–Trinajstić information content (AvgIpc) is 2.59. The standard InChI is InChI=1S/C14H18N4O5/c15-16-14(20)10-4-3-7-17(8-10)13(19)9-23-12-6-2-1-5-11(12)18(21)22/h1-2,5-6,10H,3-4,7-9,15H2,(H,16,20). The molecule has 9 heteroatoms. The number of benzene rings is 1. The molecule has 1 unspecified atom stereocenters. The number of carbonyl (C=O) groups is 2. The lowest BCUT2D eigenvalue weighted by molar-refractivity contribution is -0.385. The SMILES string of the molecule is NNC(=O)C1CCCN(C(=O)COc2ccccc2[N+](=O)[O-])C1. The van der Waals surface area contributed by atoms with Gasteiger partial charge in [0.2, 0.25) is 5.91 Å². The topological polar surface area (TPSA) is 128 Å². The molecule has 0 bridgehead atoms. The van der Waals surface area contributed by atoms with Crippen LogP contribution in [0.5, 0.6) is 5.75 Å². The molecule has 0 spiro atoms. The van der Waals surface area contributed by atoms with Gasteiger partial charge in [0.15, 0.2) is 12.4 Å². The van der Waals surface area contributed by atoms with Crippen LogP contribution >= 0.6 is 0 Å². The van der Waals surface area contributed by atoms with Crippen LogP contribution in [-0.2, 0) is 9.59 Å². The number of ether oxygens (including phenoxy) is 1. The third-order valence-electron chi connectivity index (χ3n) is 3.70. The molecule has 0 radical (unpaired) electrons. The summed E-state index contributed by atoms with van der Waals surface area (Å²) in [5.74, 6) is 4.18. The zero-order valence-corrected chi connectivity index (χ0v) is 12.4. The first kappa shape index (κ1) is 16.7. The summed E-state index contributed by atoms with van der Waals surface area (Å²) in [6, 6.07) is 5.86. The fraction of sp³-hybridized carbons (Fsp3) is 0.429. The molecule has 1 aliphatic heterocycles. The van der Waals surface area contributed by atoms with E-state index in [1.807, 2.05) is 0 Å². The van der Waals surface area contributed by atoms with E-state index >= 15 is 0 Å². The van der Waals surface area contributed by atoms with Crippen molar-refractivity contribution in [2.24, 2.45) is 11.8 Å². The lowest BCUT2D eigenvalue weighted by atomic mass is 9.97. The number of nitro groups is 1. The van der Waals surface area contributed by atoms with E-state index < -0.39 is 4.92 Å². The van der Waals surface area contributed by atoms with E-state index in [2.05, 4.69) is 5.43 Å². The summed E-state index contributed by atoms with van der Waals surface area (Å²) in [6.07, 6.45) is 1.35. The van der Waals surface area contributed by atoms with E-state index in [-0.39, 0.29) is 42.3 Å². The Hall–Kier alpha value is -2.68. The van der Waals surface area contributed by atoms with Gasteiger partial charge >= 0.3 is 5.69 Å². The van der Waals surface area contributed by atoms with E-state index in [1.54, 1.807) is 6.07 Å². The quantitative estimate of drug-likeness (QED) is 0.345. The molecule has 124 valence electrons. The average molecular weight is 322 g/mol. The van der Waals surface area contributed by atoms with Gasteiger partial charge in [-0.3, -0.25) is 25.1 Å². The molecule has 9 nitrogen and oxygen atoms in total. The van der Waals surface area contributed by atoms with Gasteiger partial charge in [-0.25, -0.2) is 5.84 Å². The largest absolute Gasteiger partial charge is 0.477 e. The number of likely N-dealkylation sites (tertiary alicyclic amines) is 1. The van der Waals surface area contributed by atoms with Crippen molar-refractivity contribution in [3.8, 4) is 5.75 Å². The third kappa shape index (κ3) is 4.16. The molecule has 1 aliphatic rings. The number of rotatable bonds is 5. The molecule has 1 atom stereocenters. The number of hydrogen-bond acceptors (Lipinski definition) is 6. The van der Waals surface area contributed by atoms with Gasteiger partial charge in [0.1, 0.15) is 0 Å². The summed E-state index contributed by atoms with van der Waals surface area (Å²) in [5, 5.41) is 10.9. The Morgan fingerprint density at radius 2 is 2.17 bits per heavy atom. The van der Waals surface area contributed by atoms with E-state index in [4.69, 9.17) is 10.6 Å². The molecule has 3 N–H and O–H groups in total. The van der Waals surface area contributed by atoms with E-state index in [9.17, 15) is 19.7 Å². The summed E-state index contributed by atoms with van der Waals surface area (Å²) >= 11 is 0. The first-order valence-corrected chi connectivity index (χ1v) is 7.17. The van der Waals surface area contributed by atoms with Crippen molar-refractivity contribution in [2.75, 3.05) is 19.7 Å². The van der Waals surface area contributed by atoms with Crippen molar-refractivity contribution in [2.45, 2.75) is 12.8 Å². The van der Waals surface area contributed by atoms with Crippen LogP contribution in [0.4, 0.5) is 5.69 Å². The third-order valence-corrected chi connectivity index (χ3v) is 3.70. The van der Waals surface area contributed by atoms with Crippen molar-refractivity contribution in [3.63, 3.8) is 0 Å². The number of para-hydroxylation sites is 2. The number of piperidine rings is 1. The van der Waals surface area contributed by atoms with Crippen molar-refractivity contribution >= 4 is 17.5 Å². The monoisotopic (exact) mass is 322 g/mol. The number of nitrogens with zero attached hydrogens (tertiary/aromatic N) is 2. The molecule has 1 aromatic rings. The number of hydrogen-bond donors (Lipinski definition) is 2. The smallest absolute Gasteiger partial charge is 0.310 e. The normalized spacial score (nSPS) is 17.4. The molecule has 2 rings (SSSR count). The van der Waals surface area contributed by atoms with E-state index in [1.165, 1.54) is 23.1 Å². The molecule has 0 aliphatic carbocycles. The van der Waals surface area contributed by atoms with Gasteiger partial charge in [0.05, 0.1) is 10.8 Å². The van der Waals surface area contributed by atoms with Crippen molar-refractivity contribution in [3.05, 3.63) is 34.4 Å². The second-order valence-electron chi connectivity index (χ2n) is 5.20. The highest BCUT2D eigenvalue weighted by Gasteiger charge is 2.28. The Bertz CT molecular complexity index is 607. The molecule has 0 saturated carbocycles. The van der Waals surface area contributed by atoms with Gasteiger partial charge in [0.25, 0.3) is 5.91 Å². The Morgan fingerprint density at radius 1 is 1.43 bits per heavy atom. The number of nitrogens with two attached hydrogens (primary N) is 1. The highest BCUT2D eigenvalue weighted by atomic mass is 16.6. The first-order chi connectivity index (χ1) is 11.0. The molecule has 1 aromatic carbocycles. The van der Waals surface area contributed by atoms with Gasteiger partial charge in [-0.1, -0.05) is 12.1 Å². The Labute approximate surface area is 132 Å². The highest BCUT2D eigenvalue weighted by Crippen LogP contribution is 2.26. The predicted octanol–water partition coefficient (Wildman–Crippen LogP) is 0.202. The second kappa shape index (κ2) is 7.54. The summed E-state index contributed by atoms with van der Waals surface area (Å²) in [6.45, 7) is 0.470. The van der Waals surface area contributed by atoms with Crippen molar-refractivity contribution in [1.82, 2.24) is 10.3 Å². The molecule has 2 amide bonds. The fourth-order valence-corrected chi connectivity index (χ4v) is 2.50. The van der Waals surface area contributed by atoms with Gasteiger partial charge < -0.3 is 9.64 Å². The Balaban J connectivity index is 1.95. The summed E-state index contributed by atoms with van der Waals surface area (Å²) in [5.41, 5.74) is 1.89. The van der Waals surface area contributed by atoms with Gasteiger partial charge in [-0.05, 0) is 18.9 Å². The Kier molecular flexibility index (Phi) is 5.47. The fourth-order valence-electron chi connectivity index (χ4n) is 2.50. The lowest BCUT2D eigenvalue weighted by Crippen LogP contribution is -2.48. The maximum atomic E-state index is 12.2. The second-order valence-corrected chi connectivity index (χ2v) is 5.20. The summed E-state index contributed by atoms with van der Waals surface area (Å²) in [7, 11) is 0. The van der Waals surface area contributed by atoms with Crippen LogP contribution in [0.1, 0.15) is 12.8 Å². The molecular weight excluding hydrogens is 304 g/mol. The minimum Gasteiger partial charge on any atom is -0.477 e. The van der Waals surface area contributed by atoms with Gasteiger partial charge in [0, 0.05) is 19.2 Å². The zero-order valence-electron chi connectivity index (χ0n) is 12.4. The van der Waals surface area contributed by atoms with Crippen LogP contribution < -0.4 is 16.0 Å². The van der Waals surface area contributed by atoms with Gasteiger partial charge in [-0.15, -0.1) is 0 Å². The number of nitrogens with one attached hydrogen (secondary N) is 1. The van der Waals surface area contributed by atoms with Crippen molar-refractivity contribution < 1.29 is 19.2 Å². The van der Waals surface area contributed by atoms with E-state index in [0.717, 1.165) is 0 Å². The van der Waals surface area contributed by atoms with Crippen LogP contribution in [0.2, 0.25) is 0 Å². The summed E-state index contributed by atoms with van der Waals surface area (Å²) in [4.78, 5) is 35.6. The minimum absolute atomic E-state index is 0.0408. The number of amides is 2. The first-order valence-electron chi connectivity index (χ1n) is 7.17. The van der Waals surface area contributed by atoms with Crippen LogP contribution in [0, 0.1) is 16.0 Å². The number of nitro benzene ring substituents is 1. The maximum Gasteiger partial charge on any atom is 0.310 e. The molecule has 1 saturated heterocycles. The molecule has 1 heterocycles. The molecule has 1 fully saturated rings. The van der Waals surface area contributed by atoms with Crippen LogP contribution in [-0.4, -0.2) is 41.3 Å². The zero-order chi connectivity index (χ0) is 16.8. The number of carbonyl (C=O) groups excluding carboxylic acids is 2. The Morgan fingerprint density at radius 3 is 2.87 bits per heavy atom. The van der Waals surface area contributed by atoms with Crippen LogP contribution in [0.15, 0.2) is 24.3 Å². The van der Waals surface area contributed by atoms with E-state index in [0.29, 0.717) is 19.4 Å². The predicted molar refractivity (Wildman–Crippen MR) is 80.2 cm³/mol. The van der Waals surface area contributed by atoms with Crippen LogP contribution in [0.25, 0.3) is 0 Å². The maximum absolute atomic E-state index is 12.2. The molecule has 0 aromatic heterocycles. The lowest BCUT2D eigenvalue weighted by Gasteiger charge is -2.31. The molecular formula is C14H18N4O5. The van der Waals surface area contributed by atoms with Crippen LogP contribution in [0.3, 0.4) is 0 Å². The summed E-state index contributed by atoms with van der Waals surface area (Å²) < 4.78 is 5.28. The van der Waals surface area contributed by atoms with Gasteiger partial charge in [-0.2, -0.15) is 0 Å². The highest BCUT2D eigenvalue weighted by molar-refractivity contribution is 5.81. The molecule has 23 heavy (non-hydrogen) atoms. The minimum atomic E-state index is -0.567. The number of hydrazine groups is 1.